The van der Waals surface area contributed by atoms with Crippen molar-refractivity contribution in [1.29, 1.82) is 0 Å². The average Bonchev–Trinajstić information content (AvgIpc) is 3.19. The summed E-state index contributed by atoms with van der Waals surface area (Å²) in [6.07, 6.45) is 2.77. The number of nitrogens with zero attached hydrogens (tertiary/aromatic N) is 2. The summed E-state index contributed by atoms with van der Waals surface area (Å²) >= 11 is 0. The monoisotopic (exact) mass is 377 g/mol. The maximum atomic E-state index is 12.6. The number of benzene rings is 2. The number of para-hydroxylation sites is 2. The Morgan fingerprint density at radius 2 is 1.86 bits per heavy atom. The first-order chi connectivity index (χ1) is 13.7. The van der Waals surface area contributed by atoms with Gasteiger partial charge in [0.2, 0.25) is 0 Å². The summed E-state index contributed by atoms with van der Waals surface area (Å²) in [5, 5.41) is 3.13. The van der Waals surface area contributed by atoms with E-state index in [2.05, 4.69) is 41.5 Å². The molecule has 3 aromatic rings. The van der Waals surface area contributed by atoms with E-state index in [-0.39, 0.29) is 11.9 Å². The van der Waals surface area contributed by atoms with Crippen LogP contribution in [0.25, 0.3) is 11.1 Å². The number of nitrogens with one attached hydrogen (secondary N) is 1. The molecule has 2 amide bonds. The molecule has 146 valence electrons. The van der Waals surface area contributed by atoms with Crippen molar-refractivity contribution in [2.45, 2.75) is 38.0 Å². The minimum Gasteiger partial charge on any atom is -0.440 e. The Hall–Kier alpha value is -2.82. The standard InChI is InChI=1S/C23H27N3O2/c1-2-17(18-8-4-3-5-9-18)16-24-23(27)26-14-12-19(13-15-26)22-25-20-10-6-7-11-21(20)28-22/h3-11,17,19H,2,12-16H2,1H3,(H,24,27). The highest BCUT2D eigenvalue weighted by Crippen LogP contribution is 2.30. The Bertz CT molecular complexity index is 881. The summed E-state index contributed by atoms with van der Waals surface area (Å²) in [7, 11) is 0. The summed E-state index contributed by atoms with van der Waals surface area (Å²) in [6.45, 7) is 4.30. The van der Waals surface area contributed by atoms with Crippen molar-refractivity contribution in [3.8, 4) is 0 Å². The fourth-order valence-corrected chi connectivity index (χ4v) is 3.94. The molecule has 1 atom stereocenters. The van der Waals surface area contributed by atoms with E-state index in [1.54, 1.807) is 0 Å². The first kappa shape index (κ1) is 18.5. The second kappa shape index (κ2) is 8.46. The van der Waals surface area contributed by atoms with Gasteiger partial charge in [0, 0.05) is 31.5 Å². The number of fused-ring (bicyclic) bond motifs is 1. The third kappa shape index (κ3) is 4.03. The number of rotatable bonds is 5. The van der Waals surface area contributed by atoms with Crippen LogP contribution >= 0.6 is 0 Å². The summed E-state index contributed by atoms with van der Waals surface area (Å²) < 4.78 is 5.92. The molecule has 1 aliphatic heterocycles. The van der Waals surface area contributed by atoms with Crippen molar-refractivity contribution >= 4 is 17.1 Å². The molecule has 1 saturated heterocycles. The third-order valence-corrected chi connectivity index (χ3v) is 5.71. The zero-order valence-corrected chi connectivity index (χ0v) is 16.3. The molecule has 0 aliphatic carbocycles. The number of hydrogen-bond donors (Lipinski definition) is 1. The van der Waals surface area contributed by atoms with Crippen LogP contribution in [0.4, 0.5) is 4.79 Å². The first-order valence-corrected chi connectivity index (χ1v) is 10.2. The molecule has 2 heterocycles. The lowest BCUT2D eigenvalue weighted by Crippen LogP contribution is -2.45. The molecule has 28 heavy (non-hydrogen) atoms. The van der Waals surface area contributed by atoms with Gasteiger partial charge < -0.3 is 14.6 Å². The van der Waals surface area contributed by atoms with Gasteiger partial charge in [-0.1, -0.05) is 49.4 Å². The first-order valence-electron chi connectivity index (χ1n) is 10.2. The minimum atomic E-state index is 0.0328. The van der Waals surface area contributed by atoms with Crippen molar-refractivity contribution in [3.05, 3.63) is 66.1 Å². The molecule has 1 fully saturated rings. The number of carbonyl (C=O) groups excluding carboxylic acids is 1. The van der Waals surface area contributed by atoms with Crippen LogP contribution in [-0.4, -0.2) is 35.5 Å². The van der Waals surface area contributed by atoms with E-state index in [4.69, 9.17) is 4.42 Å². The zero-order valence-electron chi connectivity index (χ0n) is 16.3. The fourth-order valence-electron chi connectivity index (χ4n) is 3.94. The smallest absolute Gasteiger partial charge is 0.317 e. The molecular formula is C23H27N3O2. The number of piperidine rings is 1. The van der Waals surface area contributed by atoms with Crippen molar-refractivity contribution < 1.29 is 9.21 Å². The molecule has 0 saturated carbocycles. The second-order valence-corrected chi connectivity index (χ2v) is 7.48. The lowest BCUT2D eigenvalue weighted by atomic mass is 9.96. The molecule has 1 aromatic heterocycles. The molecule has 0 radical (unpaired) electrons. The van der Waals surface area contributed by atoms with Gasteiger partial charge in [-0.2, -0.15) is 0 Å². The topological polar surface area (TPSA) is 58.4 Å². The van der Waals surface area contributed by atoms with Crippen LogP contribution < -0.4 is 5.32 Å². The number of oxazole rings is 1. The molecule has 5 nitrogen and oxygen atoms in total. The largest absolute Gasteiger partial charge is 0.440 e. The second-order valence-electron chi connectivity index (χ2n) is 7.48. The Labute approximate surface area is 165 Å². The summed E-state index contributed by atoms with van der Waals surface area (Å²) in [6, 6.07) is 18.3. The van der Waals surface area contributed by atoms with Crippen LogP contribution in [0.3, 0.4) is 0 Å². The van der Waals surface area contributed by atoms with Gasteiger partial charge in [-0.05, 0) is 37.0 Å². The van der Waals surface area contributed by atoms with Gasteiger partial charge >= 0.3 is 6.03 Å². The number of amides is 2. The predicted octanol–water partition coefficient (Wildman–Crippen LogP) is 4.91. The van der Waals surface area contributed by atoms with Crippen molar-refractivity contribution in [2.75, 3.05) is 19.6 Å². The quantitative estimate of drug-likeness (QED) is 0.687. The molecule has 1 N–H and O–H groups in total. The van der Waals surface area contributed by atoms with Crippen LogP contribution in [0.2, 0.25) is 0 Å². The number of aromatic nitrogens is 1. The molecule has 5 heteroatoms. The van der Waals surface area contributed by atoms with Crippen LogP contribution in [0.1, 0.15) is 49.5 Å². The molecule has 4 rings (SSSR count). The van der Waals surface area contributed by atoms with Gasteiger partial charge in [0.15, 0.2) is 11.5 Å². The van der Waals surface area contributed by atoms with Crippen LogP contribution in [-0.2, 0) is 0 Å². The number of urea groups is 1. The van der Waals surface area contributed by atoms with E-state index in [9.17, 15) is 4.79 Å². The Morgan fingerprint density at radius 3 is 2.57 bits per heavy atom. The highest BCUT2D eigenvalue weighted by Gasteiger charge is 2.27. The summed E-state index contributed by atoms with van der Waals surface area (Å²) in [5.41, 5.74) is 3.02. The molecule has 2 aromatic carbocycles. The maximum Gasteiger partial charge on any atom is 0.317 e. The van der Waals surface area contributed by atoms with E-state index in [0.29, 0.717) is 12.5 Å². The van der Waals surface area contributed by atoms with E-state index in [1.165, 1.54) is 5.56 Å². The Kier molecular flexibility index (Phi) is 5.60. The molecule has 0 spiro atoms. The van der Waals surface area contributed by atoms with E-state index in [1.807, 2.05) is 35.2 Å². The summed E-state index contributed by atoms with van der Waals surface area (Å²) in [5.74, 6) is 1.43. The highest BCUT2D eigenvalue weighted by molar-refractivity contribution is 5.74. The molecule has 1 unspecified atom stereocenters. The zero-order chi connectivity index (χ0) is 19.3. The van der Waals surface area contributed by atoms with E-state index >= 15 is 0 Å². The number of hydrogen-bond acceptors (Lipinski definition) is 3. The normalized spacial score (nSPS) is 16.2. The molecular weight excluding hydrogens is 350 g/mol. The minimum absolute atomic E-state index is 0.0328. The van der Waals surface area contributed by atoms with Gasteiger partial charge in [-0.3, -0.25) is 0 Å². The SMILES string of the molecule is CCC(CNC(=O)N1CCC(c2nc3ccccc3o2)CC1)c1ccccc1. The maximum absolute atomic E-state index is 12.6. The van der Waals surface area contributed by atoms with Crippen LogP contribution in [0.5, 0.6) is 0 Å². The molecule has 0 bridgehead atoms. The van der Waals surface area contributed by atoms with Crippen molar-refractivity contribution in [1.82, 2.24) is 15.2 Å². The lowest BCUT2D eigenvalue weighted by Gasteiger charge is -2.31. The van der Waals surface area contributed by atoms with Crippen LogP contribution in [0.15, 0.2) is 59.0 Å². The van der Waals surface area contributed by atoms with Gasteiger partial charge in [-0.25, -0.2) is 9.78 Å². The highest BCUT2D eigenvalue weighted by atomic mass is 16.3. The van der Waals surface area contributed by atoms with E-state index < -0.39 is 0 Å². The van der Waals surface area contributed by atoms with Crippen molar-refractivity contribution in [2.24, 2.45) is 0 Å². The Balaban J connectivity index is 1.30. The van der Waals surface area contributed by atoms with Crippen molar-refractivity contribution in [3.63, 3.8) is 0 Å². The van der Waals surface area contributed by atoms with Gasteiger partial charge in [0.25, 0.3) is 0 Å². The Morgan fingerprint density at radius 1 is 1.14 bits per heavy atom. The van der Waals surface area contributed by atoms with Gasteiger partial charge in [-0.15, -0.1) is 0 Å². The predicted molar refractivity (Wildman–Crippen MR) is 110 cm³/mol. The number of likely N-dealkylation sites (tertiary alicyclic amines) is 1. The van der Waals surface area contributed by atoms with Gasteiger partial charge in [0.05, 0.1) is 0 Å². The van der Waals surface area contributed by atoms with E-state index in [0.717, 1.165) is 49.3 Å². The van der Waals surface area contributed by atoms with Crippen LogP contribution in [0, 0.1) is 0 Å². The summed E-state index contributed by atoms with van der Waals surface area (Å²) in [4.78, 5) is 19.1. The molecule has 1 aliphatic rings. The third-order valence-electron chi connectivity index (χ3n) is 5.71. The number of carbonyl (C=O) groups is 1. The lowest BCUT2D eigenvalue weighted by molar-refractivity contribution is 0.177. The average molecular weight is 377 g/mol. The fraction of sp³-hybridized carbons (Fsp3) is 0.391. The van der Waals surface area contributed by atoms with Gasteiger partial charge in [0.1, 0.15) is 5.52 Å².